The van der Waals surface area contributed by atoms with Crippen molar-refractivity contribution in [3.63, 3.8) is 0 Å². The van der Waals surface area contributed by atoms with E-state index >= 15 is 0 Å². The van der Waals surface area contributed by atoms with Crippen LogP contribution in [0.25, 0.3) is 11.4 Å². The summed E-state index contributed by atoms with van der Waals surface area (Å²) in [4.78, 5) is 4.69. The molecular formula is C18H23N3O3. The van der Waals surface area contributed by atoms with E-state index in [2.05, 4.69) is 17.4 Å². The zero-order chi connectivity index (χ0) is 16.4. The number of fused-ring (bicyclic) bond motifs is 1. The van der Waals surface area contributed by atoms with E-state index in [1.54, 1.807) is 0 Å². The highest BCUT2D eigenvalue weighted by molar-refractivity contribution is 5.55. The SMILES string of the molecule is CCCOc1ccc(-c2noc([C@]34CNC[C@H]3CCOC4)n2)cc1. The van der Waals surface area contributed by atoms with Crippen LogP contribution in [-0.2, 0) is 10.2 Å². The fourth-order valence-electron chi connectivity index (χ4n) is 3.61. The van der Waals surface area contributed by atoms with Gasteiger partial charge >= 0.3 is 0 Å². The van der Waals surface area contributed by atoms with Crippen LogP contribution in [0, 0.1) is 5.92 Å². The summed E-state index contributed by atoms with van der Waals surface area (Å²) >= 11 is 0. The molecule has 2 aromatic rings. The molecule has 0 aliphatic carbocycles. The molecule has 24 heavy (non-hydrogen) atoms. The Bertz CT molecular complexity index is 685. The number of hydrogen-bond donors (Lipinski definition) is 1. The van der Waals surface area contributed by atoms with E-state index in [9.17, 15) is 0 Å². The van der Waals surface area contributed by atoms with Gasteiger partial charge in [0.1, 0.15) is 5.75 Å². The number of nitrogens with zero attached hydrogens (tertiary/aromatic N) is 2. The summed E-state index contributed by atoms with van der Waals surface area (Å²) in [6.45, 7) is 6.11. The normalized spacial score (nSPS) is 26.3. The molecule has 1 aromatic carbocycles. The Morgan fingerprint density at radius 3 is 3.04 bits per heavy atom. The maximum Gasteiger partial charge on any atom is 0.237 e. The number of aromatic nitrogens is 2. The molecule has 4 rings (SSSR count). The Hall–Kier alpha value is -1.92. The minimum atomic E-state index is -0.173. The third-order valence-electron chi connectivity index (χ3n) is 5.02. The quantitative estimate of drug-likeness (QED) is 0.908. The van der Waals surface area contributed by atoms with Crippen LogP contribution in [0.3, 0.4) is 0 Å². The van der Waals surface area contributed by atoms with Crippen LogP contribution in [0.5, 0.6) is 5.75 Å². The lowest BCUT2D eigenvalue weighted by Gasteiger charge is -2.34. The van der Waals surface area contributed by atoms with Gasteiger partial charge < -0.3 is 19.3 Å². The Morgan fingerprint density at radius 2 is 2.21 bits per heavy atom. The highest BCUT2D eigenvalue weighted by atomic mass is 16.5. The zero-order valence-corrected chi connectivity index (χ0v) is 14.0. The first-order chi connectivity index (χ1) is 11.8. The monoisotopic (exact) mass is 329 g/mol. The minimum Gasteiger partial charge on any atom is -0.494 e. The molecule has 0 radical (unpaired) electrons. The smallest absolute Gasteiger partial charge is 0.237 e. The van der Waals surface area contributed by atoms with Crippen LogP contribution in [0.2, 0.25) is 0 Å². The van der Waals surface area contributed by atoms with E-state index in [1.807, 2.05) is 24.3 Å². The third-order valence-corrected chi connectivity index (χ3v) is 5.02. The molecule has 6 nitrogen and oxygen atoms in total. The summed E-state index contributed by atoms with van der Waals surface area (Å²) in [5.41, 5.74) is 0.762. The Labute approximate surface area is 141 Å². The highest BCUT2D eigenvalue weighted by Gasteiger charge is 2.50. The molecule has 128 valence electrons. The van der Waals surface area contributed by atoms with Crippen LogP contribution < -0.4 is 10.1 Å². The fourth-order valence-corrected chi connectivity index (χ4v) is 3.61. The summed E-state index contributed by atoms with van der Waals surface area (Å²) < 4.78 is 17.0. The Balaban J connectivity index is 1.56. The first-order valence-corrected chi connectivity index (χ1v) is 8.68. The van der Waals surface area contributed by atoms with E-state index in [1.165, 1.54) is 0 Å². The standard InChI is InChI=1S/C18H23N3O3/c1-2-8-23-15-5-3-13(4-6-15)16-20-17(24-21-16)18-11-19-10-14(18)7-9-22-12-18/h3-6,14,19H,2,7-12H2,1H3/t14-,18+/m1/s1. The van der Waals surface area contributed by atoms with Gasteiger partial charge in [0, 0.05) is 18.7 Å². The van der Waals surface area contributed by atoms with E-state index in [-0.39, 0.29) is 5.41 Å². The second-order valence-electron chi connectivity index (χ2n) is 6.62. The summed E-state index contributed by atoms with van der Waals surface area (Å²) in [5, 5.41) is 7.65. The maximum absolute atomic E-state index is 5.73. The second kappa shape index (κ2) is 6.53. The molecule has 1 N–H and O–H groups in total. The van der Waals surface area contributed by atoms with Crippen molar-refractivity contribution in [2.45, 2.75) is 25.2 Å². The van der Waals surface area contributed by atoms with Crippen LogP contribution in [0.4, 0.5) is 0 Å². The molecule has 0 amide bonds. The molecule has 0 unspecified atom stereocenters. The number of benzene rings is 1. The first-order valence-electron chi connectivity index (χ1n) is 8.68. The van der Waals surface area contributed by atoms with Crippen LogP contribution in [-0.4, -0.2) is 43.1 Å². The summed E-state index contributed by atoms with van der Waals surface area (Å²) in [6.07, 6.45) is 2.03. The number of hydrogen-bond acceptors (Lipinski definition) is 6. The third kappa shape index (κ3) is 2.70. The number of ether oxygens (including phenoxy) is 2. The van der Waals surface area contributed by atoms with Crippen molar-refractivity contribution >= 4 is 0 Å². The van der Waals surface area contributed by atoms with Crippen molar-refractivity contribution in [3.8, 4) is 17.1 Å². The van der Waals surface area contributed by atoms with E-state index in [4.69, 9.17) is 19.0 Å². The van der Waals surface area contributed by atoms with Gasteiger partial charge in [-0.3, -0.25) is 0 Å². The molecule has 2 fully saturated rings. The van der Waals surface area contributed by atoms with Crippen molar-refractivity contribution in [2.24, 2.45) is 5.92 Å². The topological polar surface area (TPSA) is 69.4 Å². The Morgan fingerprint density at radius 1 is 1.33 bits per heavy atom. The predicted molar refractivity (Wildman–Crippen MR) is 89.0 cm³/mol. The van der Waals surface area contributed by atoms with Crippen molar-refractivity contribution in [3.05, 3.63) is 30.2 Å². The predicted octanol–water partition coefficient (Wildman–Crippen LogP) is 2.40. The molecule has 0 bridgehead atoms. The molecule has 0 spiro atoms. The Kier molecular flexibility index (Phi) is 4.24. The molecular weight excluding hydrogens is 306 g/mol. The van der Waals surface area contributed by atoms with Gasteiger partial charge in [-0.1, -0.05) is 12.1 Å². The van der Waals surface area contributed by atoms with Crippen molar-refractivity contribution < 1.29 is 14.0 Å². The van der Waals surface area contributed by atoms with Gasteiger partial charge in [-0.25, -0.2) is 0 Å². The van der Waals surface area contributed by atoms with E-state index in [0.29, 0.717) is 24.2 Å². The zero-order valence-electron chi connectivity index (χ0n) is 14.0. The number of rotatable bonds is 5. The van der Waals surface area contributed by atoms with Gasteiger partial charge in [-0.15, -0.1) is 0 Å². The van der Waals surface area contributed by atoms with E-state index < -0.39 is 0 Å². The first kappa shape index (κ1) is 15.6. The van der Waals surface area contributed by atoms with Crippen LogP contribution in [0.15, 0.2) is 28.8 Å². The summed E-state index contributed by atoms with van der Waals surface area (Å²) in [7, 11) is 0. The lowest BCUT2D eigenvalue weighted by Crippen LogP contribution is -2.44. The van der Waals surface area contributed by atoms with Crippen LogP contribution >= 0.6 is 0 Å². The van der Waals surface area contributed by atoms with Crippen molar-refractivity contribution in [2.75, 3.05) is 32.9 Å². The van der Waals surface area contributed by atoms with Gasteiger partial charge in [0.25, 0.3) is 0 Å². The minimum absolute atomic E-state index is 0.173. The molecule has 2 atom stereocenters. The second-order valence-corrected chi connectivity index (χ2v) is 6.62. The van der Waals surface area contributed by atoms with Gasteiger partial charge in [0.2, 0.25) is 11.7 Å². The highest BCUT2D eigenvalue weighted by Crippen LogP contribution is 2.40. The molecule has 2 aliphatic rings. The summed E-state index contributed by atoms with van der Waals surface area (Å²) in [5.74, 6) is 2.68. The van der Waals surface area contributed by atoms with E-state index in [0.717, 1.165) is 50.5 Å². The van der Waals surface area contributed by atoms with Crippen molar-refractivity contribution in [1.29, 1.82) is 0 Å². The van der Waals surface area contributed by atoms with Gasteiger partial charge in [0.05, 0.1) is 18.6 Å². The average molecular weight is 329 g/mol. The molecule has 2 aliphatic heterocycles. The lowest BCUT2D eigenvalue weighted by atomic mass is 9.75. The van der Waals surface area contributed by atoms with Gasteiger partial charge in [-0.2, -0.15) is 4.98 Å². The van der Waals surface area contributed by atoms with Crippen molar-refractivity contribution in [1.82, 2.24) is 15.5 Å². The molecule has 0 saturated carbocycles. The summed E-state index contributed by atoms with van der Waals surface area (Å²) in [6, 6.07) is 7.84. The molecule has 3 heterocycles. The van der Waals surface area contributed by atoms with Gasteiger partial charge in [-0.05, 0) is 49.6 Å². The largest absolute Gasteiger partial charge is 0.494 e. The molecule has 6 heteroatoms. The maximum atomic E-state index is 5.73. The van der Waals surface area contributed by atoms with Gasteiger partial charge in [0.15, 0.2) is 0 Å². The number of nitrogens with one attached hydrogen (secondary N) is 1. The molecule has 2 saturated heterocycles. The molecule has 1 aromatic heterocycles. The lowest BCUT2D eigenvalue weighted by molar-refractivity contribution is 0.00198. The average Bonchev–Trinajstić information content (AvgIpc) is 3.28. The fraction of sp³-hybridized carbons (Fsp3) is 0.556. The van der Waals surface area contributed by atoms with Crippen LogP contribution in [0.1, 0.15) is 25.7 Å².